The number of amides is 1. The fourth-order valence-electron chi connectivity index (χ4n) is 5.46. The summed E-state index contributed by atoms with van der Waals surface area (Å²) >= 11 is 2.72. The quantitative estimate of drug-likeness (QED) is 0.0468. The Bertz CT molecular complexity index is 1950. The van der Waals surface area contributed by atoms with Crippen molar-refractivity contribution in [2.24, 2.45) is 0 Å². The molecule has 0 bridgehead atoms. The monoisotopic (exact) mass is 667 g/mol. The Morgan fingerprint density at radius 2 is 1.72 bits per heavy atom. The topological polar surface area (TPSA) is 111 Å². The number of rotatable bonds is 12. The second-order valence-corrected chi connectivity index (χ2v) is 12.8. The summed E-state index contributed by atoms with van der Waals surface area (Å²) in [6.07, 6.45) is 0.813. The molecule has 47 heavy (non-hydrogen) atoms. The summed E-state index contributed by atoms with van der Waals surface area (Å²) in [4.78, 5) is 28.8. The molecular formula is C36H33N3O6S2. The highest BCUT2D eigenvalue weighted by Gasteiger charge is 2.48. The number of carbonyl (C=O) groups excluding carboxylic acids is 2. The molecule has 6 rings (SSSR count). The molecule has 4 aromatic carbocycles. The van der Waals surface area contributed by atoms with Crippen molar-refractivity contribution in [1.82, 2.24) is 10.2 Å². The Kier molecular flexibility index (Phi) is 9.74. The molecule has 240 valence electrons. The first-order valence-corrected chi connectivity index (χ1v) is 17.0. The van der Waals surface area contributed by atoms with Crippen LogP contribution in [-0.4, -0.2) is 47.3 Å². The van der Waals surface area contributed by atoms with Crippen molar-refractivity contribution in [2.45, 2.75) is 36.4 Å². The molecule has 5 aromatic rings. The van der Waals surface area contributed by atoms with Gasteiger partial charge in [-0.15, -0.1) is 10.2 Å². The molecule has 1 aliphatic heterocycles. The van der Waals surface area contributed by atoms with E-state index in [1.165, 1.54) is 28.0 Å². The Morgan fingerprint density at radius 3 is 2.49 bits per heavy atom. The van der Waals surface area contributed by atoms with Gasteiger partial charge in [-0.25, -0.2) is 0 Å². The van der Waals surface area contributed by atoms with Gasteiger partial charge in [0.1, 0.15) is 11.5 Å². The van der Waals surface area contributed by atoms with E-state index in [-0.39, 0.29) is 16.5 Å². The van der Waals surface area contributed by atoms with Gasteiger partial charge in [-0.1, -0.05) is 78.6 Å². The third-order valence-corrected chi connectivity index (χ3v) is 9.79. The van der Waals surface area contributed by atoms with Crippen molar-refractivity contribution in [2.75, 3.05) is 25.2 Å². The van der Waals surface area contributed by atoms with E-state index in [0.29, 0.717) is 51.7 Å². The van der Waals surface area contributed by atoms with Crippen LogP contribution in [-0.2, 0) is 15.3 Å². The number of nitrogens with zero attached hydrogens (tertiary/aromatic N) is 3. The molecule has 1 amide bonds. The summed E-state index contributed by atoms with van der Waals surface area (Å²) in [6.45, 7) is 4.76. The Labute approximate surface area is 280 Å². The van der Waals surface area contributed by atoms with E-state index >= 15 is 0 Å². The maximum Gasteiger partial charge on any atom is 0.301 e. The standard InChI is InChI=1S/C36H33N3O6S2/c1-4-19-45-28-18-15-24(20-29(28)44-5-2)31-30(32(40)23-13-16-26(43-3)17-14-23)33(41)34(42)39(31)35-37-38-36(47-35)46-21-25-11-8-10-22-9-6-7-12-27(22)25/h6-18,20,31,40H,4-5,19,21H2,1-3H3. The SMILES string of the molecule is CCCOc1ccc(C2C(=C(O)c3ccc(OC)cc3)C(=O)C(=O)N2c2nnc(SCc3cccc4ccccc34)s2)cc1OCC. The second kappa shape index (κ2) is 14.3. The van der Waals surface area contributed by atoms with Crippen molar-refractivity contribution in [3.63, 3.8) is 0 Å². The first-order chi connectivity index (χ1) is 22.9. The van der Waals surface area contributed by atoms with Crippen molar-refractivity contribution in [1.29, 1.82) is 0 Å². The highest BCUT2D eigenvalue weighted by atomic mass is 32.2. The minimum Gasteiger partial charge on any atom is -0.507 e. The normalized spacial score (nSPS) is 15.7. The zero-order chi connectivity index (χ0) is 32.9. The van der Waals surface area contributed by atoms with Crippen LogP contribution in [0.2, 0.25) is 0 Å². The number of aliphatic hydroxyl groups is 1. The van der Waals surface area contributed by atoms with Crippen LogP contribution in [0.25, 0.3) is 16.5 Å². The van der Waals surface area contributed by atoms with Crippen molar-refractivity contribution in [3.05, 3.63) is 107 Å². The number of ether oxygens (including phenoxy) is 3. The van der Waals surface area contributed by atoms with Gasteiger partial charge in [0.2, 0.25) is 5.13 Å². The number of carbonyl (C=O) groups is 2. The van der Waals surface area contributed by atoms with Crippen LogP contribution in [0.3, 0.4) is 0 Å². The van der Waals surface area contributed by atoms with Crippen LogP contribution in [0.1, 0.15) is 43.0 Å². The van der Waals surface area contributed by atoms with E-state index in [2.05, 4.69) is 34.5 Å². The van der Waals surface area contributed by atoms with Gasteiger partial charge in [0.25, 0.3) is 5.78 Å². The van der Waals surface area contributed by atoms with Crippen LogP contribution in [0.4, 0.5) is 5.13 Å². The largest absolute Gasteiger partial charge is 0.507 e. The maximum atomic E-state index is 13.8. The number of methoxy groups -OCH3 is 1. The highest BCUT2D eigenvalue weighted by molar-refractivity contribution is 8.00. The van der Waals surface area contributed by atoms with Crippen LogP contribution in [0, 0.1) is 0 Å². The summed E-state index contributed by atoms with van der Waals surface area (Å²) in [5, 5.41) is 22.9. The number of anilines is 1. The average molecular weight is 668 g/mol. The smallest absolute Gasteiger partial charge is 0.301 e. The number of ketones is 1. The van der Waals surface area contributed by atoms with Gasteiger partial charge in [0, 0.05) is 11.3 Å². The van der Waals surface area contributed by atoms with Crippen molar-refractivity contribution < 1.29 is 28.9 Å². The van der Waals surface area contributed by atoms with Gasteiger partial charge in [-0.2, -0.15) is 0 Å². The minimum absolute atomic E-state index is 0.0648. The Hall–Kier alpha value is -4.87. The highest BCUT2D eigenvalue weighted by Crippen LogP contribution is 2.46. The summed E-state index contributed by atoms with van der Waals surface area (Å²) in [6, 6.07) is 25.3. The molecule has 1 saturated heterocycles. The van der Waals surface area contributed by atoms with Crippen molar-refractivity contribution >= 4 is 56.5 Å². The summed E-state index contributed by atoms with van der Waals surface area (Å²) < 4.78 is 17.7. The molecule has 1 unspecified atom stereocenters. The average Bonchev–Trinajstić information content (AvgIpc) is 3.68. The number of thioether (sulfide) groups is 1. The molecule has 0 radical (unpaired) electrons. The number of fused-ring (bicyclic) bond motifs is 1. The second-order valence-electron chi connectivity index (χ2n) is 10.7. The van der Waals surface area contributed by atoms with Gasteiger partial charge < -0.3 is 19.3 Å². The third kappa shape index (κ3) is 6.54. The summed E-state index contributed by atoms with van der Waals surface area (Å²) in [5.41, 5.74) is 2.00. The lowest BCUT2D eigenvalue weighted by Crippen LogP contribution is -2.29. The van der Waals surface area contributed by atoms with E-state index in [4.69, 9.17) is 14.2 Å². The first kappa shape index (κ1) is 32.1. The molecule has 1 aliphatic rings. The minimum atomic E-state index is -1.000. The molecule has 1 N–H and O–H groups in total. The van der Waals surface area contributed by atoms with Gasteiger partial charge in [-0.05, 0) is 71.6 Å². The summed E-state index contributed by atoms with van der Waals surface area (Å²) in [7, 11) is 1.54. The fourth-order valence-corrected chi connectivity index (χ4v) is 7.33. The lowest BCUT2D eigenvalue weighted by Gasteiger charge is -2.23. The first-order valence-electron chi connectivity index (χ1n) is 15.2. The van der Waals surface area contributed by atoms with Crippen LogP contribution >= 0.6 is 23.1 Å². The number of hydrogen-bond donors (Lipinski definition) is 1. The van der Waals surface area contributed by atoms with Gasteiger partial charge >= 0.3 is 5.91 Å². The lowest BCUT2D eigenvalue weighted by molar-refractivity contribution is -0.132. The van der Waals surface area contributed by atoms with Crippen molar-refractivity contribution in [3.8, 4) is 17.2 Å². The number of benzene rings is 4. The number of Topliss-reactive ketones (excluding diaryl/α,β-unsaturated/α-hetero) is 1. The van der Waals surface area contributed by atoms with E-state index in [9.17, 15) is 14.7 Å². The van der Waals surface area contributed by atoms with E-state index in [1.807, 2.05) is 32.0 Å². The predicted octanol–water partition coefficient (Wildman–Crippen LogP) is 7.81. The molecular weight excluding hydrogens is 635 g/mol. The van der Waals surface area contributed by atoms with Gasteiger partial charge in [0.05, 0.1) is 31.9 Å². The molecule has 0 spiro atoms. The number of hydrogen-bond acceptors (Lipinski definition) is 10. The number of aliphatic hydroxyl groups excluding tert-OH is 1. The van der Waals surface area contributed by atoms with E-state index in [1.54, 1.807) is 49.6 Å². The van der Waals surface area contributed by atoms with Crippen LogP contribution in [0.5, 0.6) is 17.2 Å². The molecule has 1 fully saturated rings. The molecule has 1 aromatic heterocycles. The third-order valence-electron chi connectivity index (χ3n) is 7.69. The maximum absolute atomic E-state index is 13.8. The molecule has 1 atom stereocenters. The molecule has 0 saturated carbocycles. The molecule has 2 heterocycles. The zero-order valence-corrected chi connectivity index (χ0v) is 27.8. The molecule has 9 nitrogen and oxygen atoms in total. The van der Waals surface area contributed by atoms with Gasteiger partial charge in [-0.3, -0.25) is 14.5 Å². The van der Waals surface area contributed by atoms with E-state index < -0.39 is 17.7 Å². The van der Waals surface area contributed by atoms with Gasteiger partial charge in [0.15, 0.2) is 15.8 Å². The van der Waals surface area contributed by atoms with Crippen LogP contribution in [0.15, 0.2) is 94.8 Å². The Morgan fingerprint density at radius 1 is 0.936 bits per heavy atom. The Balaban J connectivity index is 1.40. The van der Waals surface area contributed by atoms with E-state index in [0.717, 1.165) is 22.8 Å². The zero-order valence-electron chi connectivity index (χ0n) is 26.1. The van der Waals surface area contributed by atoms with Crippen LogP contribution < -0.4 is 19.1 Å². The lowest BCUT2D eigenvalue weighted by atomic mass is 9.95. The molecule has 0 aliphatic carbocycles. The fraction of sp³-hybridized carbons (Fsp3) is 0.222. The number of aromatic nitrogens is 2. The predicted molar refractivity (Wildman–Crippen MR) is 185 cm³/mol. The summed E-state index contributed by atoms with van der Waals surface area (Å²) in [5.74, 6) is 0.309. The molecule has 11 heteroatoms.